The van der Waals surface area contributed by atoms with Gasteiger partial charge in [0.05, 0.1) is 0 Å². The normalized spacial score (nSPS) is 9.58. The Kier molecular flexibility index (Phi) is 2.38. The van der Waals surface area contributed by atoms with Crippen molar-refractivity contribution in [3.63, 3.8) is 0 Å². The van der Waals surface area contributed by atoms with E-state index in [0.29, 0.717) is 0 Å². The molecule has 0 amide bonds. The van der Waals surface area contributed by atoms with Crippen LogP contribution in [0, 0.1) is 13.8 Å². The molecular formula is C8H12N4. The van der Waals surface area contributed by atoms with Gasteiger partial charge in [-0.25, -0.2) is 9.97 Å². The van der Waals surface area contributed by atoms with Crippen molar-refractivity contribution < 1.29 is 0 Å². The third-order valence-corrected chi connectivity index (χ3v) is 1.83. The van der Waals surface area contributed by atoms with E-state index in [-0.39, 0.29) is 0 Å². The van der Waals surface area contributed by atoms with Gasteiger partial charge in [0, 0.05) is 25.0 Å². The van der Waals surface area contributed by atoms with Crippen LogP contribution in [0.2, 0.25) is 0 Å². The summed E-state index contributed by atoms with van der Waals surface area (Å²) < 4.78 is 0. The lowest BCUT2D eigenvalue weighted by Gasteiger charge is -2.13. The number of hydrogen-bond acceptors (Lipinski definition) is 4. The molecular weight excluding hydrogens is 152 g/mol. The average Bonchev–Trinajstić information content (AvgIpc) is 2.08. The van der Waals surface area contributed by atoms with Crippen molar-refractivity contribution >= 4 is 12.5 Å². The predicted octanol–water partition coefficient (Wildman–Crippen LogP) is 1.15. The number of anilines is 1. The fourth-order valence-electron chi connectivity index (χ4n) is 0.919. The molecule has 0 aliphatic heterocycles. The van der Waals surface area contributed by atoms with E-state index < -0.39 is 0 Å². The van der Waals surface area contributed by atoms with Gasteiger partial charge in [-0.3, -0.25) is 5.01 Å². The monoisotopic (exact) mass is 164 g/mol. The zero-order chi connectivity index (χ0) is 9.14. The lowest BCUT2D eigenvalue weighted by atomic mass is 10.2. The van der Waals surface area contributed by atoms with Gasteiger partial charge in [-0.15, -0.1) is 0 Å². The highest BCUT2D eigenvalue weighted by atomic mass is 15.5. The van der Waals surface area contributed by atoms with Crippen LogP contribution in [-0.2, 0) is 0 Å². The highest BCUT2D eigenvalue weighted by Crippen LogP contribution is 2.15. The Hall–Kier alpha value is -1.45. The number of aromatic nitrogens is 2. The van der Waals surface area contributed by atoms with E-state index in [2.05, 4.69) is 21.8 Å². The van der Waals surface area contributed by atoms with Crippen LogP contribution < -0.4 is 5.01 Å². The first-order valence-corrected chi connectivity index (χ1v) is 3.65. The molecule has 0 aromatic carbocycles. The molecule has 0 N–H and O–H groups in total. The second kappa shape index (κ2) is 3.30. The summed E-state index contributed by atoms with van der Waals surface area (Å²) in [6.45, 7) is 7.33. The van der Waals surface area contributed by atoms with E-state index >= 15 is 0 Å². The fourth-order valence-corrected chi connectivity index (χ4v) is 0.919. The minimum absolute atomic E-state index is 0.803. The van der Waals surface area contributed by atoms with Crippen molar-refractivity contribution in [2.45, 2.75) is 13.8 Å². The molecule has 0 aliphatic carbocycles. The first kappa shape index (κ1) is 8.64. The van der Waals surface area contributed by atoms with Gasteiger partial charge in [0.2, 0.25) is 0 Å². The summed E-state index contributed by atoms with van der Waals surface area (Å²) in [5, 5.41) is 5.38. The summed E-state index contributed by atoms with van der Waals surface area (Å²) >= 11 is 0. The third kappa shape index (κ3) is 1.42. The Bertz CT molecular complexity index is 295. The van der Waals surface area contributed by atoms with Crippen LogP contribution in [0.3, 0.4) is 0 Å². The van der Waals surface area contributed by atoms with Crippen molar-refractivity contribution in [2.75, 3.05) is 12.1 Å². The molecule has 64 valence electrons. The topological polar surface area (TPSA) is 41.4 Å². The second-order valence-electron chi connectivity index (χ2n) is 2.57. The third-order valence-electron chi connectivity index (χ3n) is 1.83. The Labute approximate surface area is 72.0 Å². The number of rotatable bonds is 2. The summed E-state index contributed by atoms with van der Waals surface area (Å²) in [5.74, 6) is 0.803. The molecule has 0 radical (unpaired) electrons. The van der Waals surface area contributed by atoms with Crippen molar-refractivity contribution in [2.24, 2.45) is 5.10 Å². The minimum Gasteiger partial charge on any atom is -0.251 e. The minimum atomic E-state index is 0.803. The van der Waals surface area contributed by atoms with E-state index in [9.17, 15) is 0 Å². The average molecular weight is 164 g/mol. The maximum Gasteiger partial charge on any atom is 0.155 e. The fraction of sp³-hybridized carbons (Fsp3) is 0.375. The van der Waals surface area contributed by atoms with Crippen molar-refractivity contribution in [3.8, 4) is 0 Å². The number of nitrogens with zero attached hydrogens (tertiary/aromatic N) is 4. The molecule has 4 nitrogen and oxygen atoms in total. The van der Waals surface area contributed by atoms with Crippen LogP contribution in [0.25, 0.3) is 0 Å². The molecule has 12 heavy (non-hydrogen) atoms. The Morgan fingerprint density at radius 2 is 2.08 bits per heavy atom. The van der Waals surface area contributed by atoms with Gasteiger partial charge in [-0.1, -0.05) is 0 Å². The molecule has 1 aromatic rings. The zero-order valence-corrected chi connectivity index (χ0v) is 7.57. The number of hydrogen-bond donors (Lipinski definition) is 0. The molecule has 1 aromatic heterocycles. The van der Waals surface area contributed by atoms with Gasteiger partial charge in [0.15, 0.2) is 5.82 Å². The molecule has 4 heteroatoms. The quantitative estimate of drug-likeness (QED) is 0.486. The van der Waals surface area contributed by atoms with Crippen molar-refractivity contribution in [1.29, 1.82) is 0 Å². The number of hydrazone groups is 1. The molecule has 0 spiro atoms. The molecule has 0 fully saturated rings. The summed E-state index contributed by atoms with van der Waals surface area (Å²) in [6.07, 6.45) is 1.53. The summed E-state index contributed by atoms with van der Waals surface area (Å²) in [5.41, 5.74) is 2.00. The Balaban J connectivity index is 3.15. The van der Waals surface area contributed by atoms with E-state index in [1.807, 2.05) is 20.9 Å². The first-order valence-electron chi connectivity index (χ1n) is 3.65. The largest absolute Gasteiger partial charge is 0.251 e. The molecule has 0 saturated carbocycles. The van der Waals surface area contributed by atoms with Crippen LogP contribution in [0.15, 0.2) is 11.4 Å². The molecule has 0 saturated heterocycles. The van der Waals surface area contributed by atoms with Gasteiger partial charge < -0.3 is 0 Å². The van der Waals surface area contributed by atoms with E-state index in [0.717, 1.165) is 17.1 Å². The first-order chi connectivity index (χ1) is 5.66. The Morgan fingerprint density at radius 1 is 1.42 bits per heavy atom. The maximum absolute atomic E-state index is 4.09. The second-order valence-corrected chi connectivity index (χ2v) is 2.57. The highest BCUT2D eigenvalue weighted by molar-refractivity contribution is 5.47. The molecule has 0 unspecified atom stereocenters. The molecule has 1 rings (SSSR count). The number of aryl methyl sites for hydroxylation is 1. The molecule has 0 aliphatic rings. The van der Waals surface area contributed by atoms with Gasteiger partial charge in [-0.05, 0) is 13.8 Å². The van der Waals surface area contributed by atoms with Crippen molar-refractivity contribution in [1.82, 2.24) is 9.97 Å². The maximum atomic E-state index is 4.09. The van der Waals surface area contributed by atoms with Crippen molar-refractivity contribution in [3.05, 3.63) is 17.6 Å². The van der Waals surface area contributed by atoms with Crippen LogP contribution in [0.4, 0.5) is 5.82 Å². The smallest absolute Gasteiger partial charge is 0.155 e. The summed E-state index contributed by atoms with van der Waals surface area (Å²) in [4.78, 5) is 8.15. The van der Waals surface area contributed by atoms with E-state index in [1.165, 1.54) is 6.33 Å². The van der Waals surface area contributed by atoms with Gasteiger partial charge in [0.25, 0.3) is 0 Å². The van der Waals surface area contributed by atoms with Crippen LogP contribution >= 0.6 is 0 Å². The predicted molar refractivity (Wildman–Crippen MR) is 49.5 cm³/mol. The lowest BCUT2D eigenvalue weighted by molar-refractivity contribution is 0.940. The summed E-state index contributed by atoms with van der Waals surface area (Å²) in [6, 6.07) is 0. The molecule has 0 atom stereocenters. The molecule has 0 bridgehead atoms. The van der Waals surface area contributed by atoms with E-state index in [4.69, 9.17) is 0 Å². The lowest BCUT2D eigenvalue weighted by Crippen LogP contribution is -2.12. The zero-order valence-electron chi connectivity index (χ0n) is 7.57. The van der Waals surface area contributed by atoms with Gasteiger partial charge >= 0.3 is 0 Å². The van der Waals surface area contributed by atoms with Gasteiger partial charge in [0.1, 0.15) is 6.33 Å². The summed E-state index contributed by atoms with van der Waals surface area (Å²) in [7, 11) is 1.81. The van der Waals surface area contributed by atoms with Crippen LogP contribution in [0.1, 0.15) is 11.3 Å². The highest BCUT2D eigenvalue weighted by Gasteiger charge is 2.05. The Morgan fingerprint density at radius 3 is 2.67 bits per heavy atom. The van der Waals surface area contributed by atoms with E-state index in [1.54, 1.807) is 5.01 Å². The van der Waals surface area contributed by atoms with Gasteiger partial charge in [-0.2, -0.15) is 5.10 Å². The molecule has 1 heterocycles. The van der Waals surface area contributed by atoms with Crippen LogP contribution in [-0.4, -0.2) is 23.7 Å². The SMILES string of the molecule is C=NN(C)c1ncnc(C)c1C. The standard InChI is InChI=1S/C8H12N4/c1-6-7(2)10-5-11-8(6)12(4)9-3/h5H,3H2,1-2,4H3. The van der Waals surface area contributed by atoms with Crippen LogP contribution in [0.5, 0.6) is 0 Å².